The zero-order valence-electron chi connectivity index (χ0n) is 13.3. The second-order valence-electron chi connectivity index (χ2n) is 5.19. The molecule has 0 fully saturated rings. The van der Waals surface area contributed by atoms with Crippen LogP contribution in [0.4, 0.5) is 5.69 Å². The average molecular weight is 308 g/mol. The monoisotopic (exact) mass is 308 g/mol. The first-order valence-corrected chi connectivity index (χ1v) is 7.30. The summed E-state index contributed by atoms with van der Waals surface area (Å²) in [4.78, 5) is 22.8. The van der Waals surface area contributed by atoms with Crippen LogP contribution in [0.3, 0.4) is 0 Å². The molecule has 6 nitrogen and oxygen atoms in total. The first-order chi connectivity index (χ1) is 10.4. The van der Waals surface area contributed by atoms with E-state index in [1.807, 2.05) is 0 Å². The summed E-state index contributed by atoms with van der Waals surface area (Å²) >= 11 is 0. The molecule has 2 unspecified atom stereocenters. The number of esters is 1. The Morgan fingerprint density at radius 2 is 1.86 bits per heavy atom. The average Bonchev–Trinajstić information content (AvgIpc) is 2.51. The standard InChI is InChI=1S/C16H24N2O4/c1-11(12(2)17)16(20)18-13-6-8-14(9-7-13)22-10-4-5-15(19)21-3/h6-9,11-12H,4-5,10,17H2,1-3H3,(H,18,20). The highest BCUT2D eigenvalue weighted by atomic mass is 16.5. The Labute approximate surface area is 131 Å². The third kappa shape index (κ3) is 6.13. The van der Waals surface area contributed by atoms with Crippen molar-refractivity contribution in [1.82, 2.24) is 0 Å². The number of rotatable bonds is 8. The van der Waals surface area contributed by atoms with Crippen molar-refractivity contribution in [3.63, 3.8) is 0 Å². The lowest BCUT2D eigenvalue weighted by atomic mass is 10.0. The topological polar surface area (TPSA) is 90.6 Å². The Kier molecular flexibility index (Phi) is 7.39. The summed E-state index contributed by atoms with van der Waals surface area (Å²) < 4.78 is 10.1. The Morgan fingerprint density at radius 3 is 2.41 bits per heavy atom. The van der Waals surface area contributed by atoms with Crippen molar-refractivity contribution in [2.24, 2.45) is 11.7 Å². The van der Waals surface area contributed by atoms with Crippen LogP contribution in [0.2, 0.25) is 0 Å². The Bertz CT molecular complexity index is 485. The van der Waals surface area contributed by atoms with E-state index in [1.165, 1.54) is 7.11 Å². The Hall–Kier alpha value is -2.08. The fourth-order valence-corrected chi connectivity index (χ4v) is 1.64. The number of methoxy groups -OCH3 is 1. The van der Waals surface area contributed by atoms with Crippen LogP contribution in [-0.2, 0) is 14.3 Å². The normalized spacial score (nSPS) is 13.1. The number of benzene rings is 1. The lowest BCUT2D eigenvalue weighted by Gasteiger charge is -2.15. The third-order valence-corrected chi connectivity index (χ3v) is 3.35. The molecule has 0 aliphatic rings. The second kappa shape index (κ2) is 9.04. The van der Waals surface area contributed by atoms with Gasteiger partial charge in [-0.3, -0.25) is 9.59 Å². The van der Waals surface area contributed by atoms with Gasteiger partial charge in [-0.2, -0.15) is 0 Å². The van der Waals surface area contributed by atoms with E-state index in [9.17, 15) is 9.59 Å². The summed E-state index contributed by atoms with van der Waals surface area (Å²) in [5.74, 6) is 0.0732. The van der Waals surface area contributed by atoms with Crippen LogP contribution in [0.15, 0.2) is 24.3 Å². The summed E-state index contributed by atoms with van der Waals surface area (Å²) in [6, 6.07) is 6.87. The predicted molar refractivity (Wildman–Crippen MR) is 84.6 cm³/mol. The number of carbonyl (C=O) groups excluding carboxylic acids is 2. The third-order valence-electron chi connectivity index (χ3n) is 3.35. The maximum Gasteiger partial charge on any atom is 0.305 e. The lowest BCUT2D eigenvalue weighted by molar-refractivity contribution is -0.140. The van der Waals surface area contributed by atoms with E-state index in [2.05, 4.69) is 10.1 Å². The molecule has 6 heteroatoms. The van der Waals surface area contributed by atoms with Crippen LogP contribution in [0, 0.1) is 5.92 Å². The molecule has 0 radical (unpaired) electrons. The lowest BCUT2D eigenvalue weighted by Crippen LogP contribution is -2.34. The smallest absolute Gasteiger partial charge is 0.305 e. The summed E-state index contributed by atoms with van der Waals surface area (Å²) in [6.07, 6.45) is 0.927. The number of carbonyl (C=O) groups is 2. The van der Waals surface area contributed by atoms with Gasteiger partial charge in [0.05, 0.1) is 19.6 Å². The van der Waals surface area contributed by atoms with Crippen LogP contribution < -0.4 is 15.8 Å². The highest BCUT2D eigenvalue weighted by molar-refractivity contribution is 5.92. The van der Waals surface area contributed by atoms with E-state index in [0.717, 1.165) is 0 Å². The number of hydrogen-bond acceptors (Lipinski definition) is 5. The summed E-state index contributed by atoms with van der Waals surface area (Å²) in [7, 11) is 1.36. The number of hydrogen-bond donors (Lipinski definition) is 2. The quantitative estimate of drug-likeness (QED) is 0.566. The van der Waals surface area contributed by atoms with Gasteiger partial charge in [0, 0.05) is 18.2 Å². The summed E-state index contributed by atoms with van der Waals surface area (Å²) in [6.45, 7) is 4.02. The van der Waals surface area contributed by atoms with Gasteiger partial charge in [-0.05, 0) is 37.6 Å². The van der Waals surface area contributed by atoms with Gasteiger partial charge in [0.25, 0.3) is 0 Å². The number of nitrogens with two attached hydrogens (primary N) is 1. The van der Waals surface area contributed by atoms with Crippen molar-refractivity contribution in [3.05, 3.63) is 24.3 Å². The van der Waals surface area contributed by atoms with Gasteiger partial charge in [0.1, 0.15) is 5.75 Å². The molecule has 1 aromatic rings. The molecule has 1 amide bonds. The van der Waals surface area contributed by atoms with Crippen LogP contribution >= 0.6 is 0 Å². The van der Waals surface area contributed by atoms with Gasteiger partial charge in [0.15, 0.2) is 0 Å². The zero-order chi connectivity index (χ0) is 16.5. The number of nitrogens with one attached hydrogen (secondary N) is 1. The minimum absolute atomic E-state index is 0.109. The van der Waals surface area contributed by atoms with Crippen LogP contribution in [0.5, 0.6) is 5.75 Å². The van der Waals surface area contributed by atoms with Gasteiger partial charge in [-0.15, -0.1) is 0 Å². The van der Waals surface area contributed by atoms with E-state index >= 15 is 0 Å². The molecule has 0 saturated heterocycles. The molecule has 0 aromatic heterocycles. The molecule has 0 heterocycles. The SMILES string of the molecule is COC(=O)CCCOc1ccc(NC(=O)C(C)C(C)N)cc1. The fraction of sp³-hybridized carbons (Fsp3) is 0.500. The highest BCUT2D eigenvalue weighted by Crippen LogP contribution is 2.17. The van der Waals surface area contributed by atoms with Crippen LogP contribution in [0.25, 0.3) is 0 Å². The molecule has 0 aliphatic carbocycles. The molecule has 0 spiro atoms. The molecule has 0 aliphatic heterocycles. The van der Waals surface area contributed by atoms with Crippen molar-refractivity contribution in [3.8, 4) is 5.75 Å². The molecule has 1 rings (SSSR count). The largest absolute Gasteiger partial charge is 0.494 e. The molecular formula is C16H24N2O4. The number of anilines is 1. The number of amides is 1. The van der Waals surface area contributed by atoms with Crippen LogP contribution in [-0.4, -0.2) is 31.6 Å². The molecule has 122 valence electrons. The van der Waals surface area contributed by atoms with Gasteiger partial charge in [-0.1, -0.05) is 6.92 Å². The van der Waals surface area contributed by atoms with E-state index < -0.39 is 0 Å². The van der Waals surface area contributed by atoms with Gasteiger partial charge < -0.3 is 20.5 Å². The Morgan fingerprint density at radius 1 is 1.23 bits per heavy atom. The molecule has 22 heavy (non-hydrogen) atoms. The summed E-state index contributed by atoms with van der Waals surface area (Å²) in [5.41, 5.74) is 6.39. The van der Waals surface area contributed by atoms with Gasteiger partial charge in [0.2, 0.25) is 5.91 Å². The zero-order valence-corrected chi connectivity index (χ0v) is 13.3. The Balaban J connectivity index is 2.40. The van der Waals surface area contributed by atoms with E-state index in [-0.39, 0.29) is 23.8 Å². The highest BCUT2D eigenvalue weighted by Gasteiger charge is 2.16. The number of ether oxygens (including phenoxy) is 2. The van der Waals surface area contributed by atoms with Gasteiger partial charge >= 0.3 is 5.97 Å². The summed E-state index contributed by atoms with van der Waals surface area (Å²) in [5, 5.41) is 2.80. The molecule has 0 bridgehead atoms. The van der Waals surface area contributed by atoms with Crippen molar-refractivity contribution < 1.29 is 19.1 Å². The van der Waals surface area contributed by atoms with Crippen molar-refractivity contribution in [2.75, 3.05) is 19.0 Å². The minimum atomic E-state index is -0.255. The fourth-order valence-electron chi connectivity index (χ4n) is 1.64. The van der Waals surface area contributed by atoms with Crippen molar-refractivity contribution >= 4 is 17.6 Å². The second-order valence-corrected chi connectivity index (χ2v) is 5.19. The van der Waals surface area contributed by atoms with Crippen molar-refractivity contribution in [1.29, 1.82) is 0 Å². The first-order valence-electron chi connectivity index (χ1n) is 7.30. The van der Waals surface area contributed by atoms with Crippen molar-refractivity contribution in [2.45, 2.75) is 32.7 Å². The first kappa shape index (κ1) is 18.0. The predicted octanol–water partition coefficient (Wildman–Crippen LogP) is 1.94. The van der Waals surface area contributed by atoms with Crippen LogP contribution in [0.1, 0.15) is 26.7 Å². The molecule has 0 saturated carbocycles. The molecule has 2 atom stereocenters. The maximum absolute atomic E-state index is 11.9. The van der Waals surface area contributed by atoms with E-state index in [0.29, 0.717) is 30.9 Å². The van der Waals surface area contributed by atoms with Gasteiger partial charge in [-0.25, -0.2) is 0 Å². The molecule has 3 N–H and O–H groups in total. The molecular weight excluding hydrogens is 284 g/mol. The molecule has 1 aromatic carbocycles. The maximum atomic E-state index is 11.9. The minimum Gasteiger partial charge on any atom is -0.494 e. The van der Waals surface area contributed by atoms with E-state index in [1.54, 1.807) is 38.1 Å². The van der Waals surface area contributed by atoms with E-state index in [4.69, 9.17) is 10.5 Å².